The first-order chi connectivity index (χ1) is 11.3. The first kappa shape index (κ1) is 16.2. The lowest BCUT2D eigenvalue weighted by Crippen LogP contribution is -2.41. The van der Waals surface area contributed by atoms with Crippen molar-refractivity contribution in [2.45, 2.75) is 26.3 Å². The molecule has 0 bridgehead atoms. The molecule has 0 saturated carbocycles. The van der Waals surface area contributed by atoms with Gasteiger partial charge in [0.05, 0.1) is 12.7 Å². The van der Waals surface area contributed by atoms with E-state index in [1.54, 1.807) is 13.0 Å². The summed E-state index contributed by atoms with van der Waals surface area (Å²) in [5, 5.41) is 3.60. The lowest BCUT2D eigenvalue weighted by atomic mass is 9.89. The van der Waals surface area contributed by atoms with E-state index in [-0.39, 0.29) is 11.8 Å². The summed E-state index contributed by atoms with van der Waals surface area (Å²) >= 11 is 0. The van der Waals surface area contributed by atoms with E-state index in [0.717, 1.165) is 10.9 Å². The van der Waals surface area contributed by atoms with Gasteiger partial charge in [0.2, 0.25) is 0 Å². The topological polar surface area (TPSA) is 72.7 Å². The fraction of sp³-hybridized carbons (Fsp3) is 0.389. The maximum absolute atomic E-state index is 12.4. The fourth-order valence-corrected chi connectivity index (χ4v) is 2.93. The maximum Gasteiger partial charge on any atom is 0.339 e. The number of carbonyl (C=O) groups excluding carboxylic acids is 2. The van der Waals surface area contributed by atoms with Crippen LogP contribution < -0.4 is 5.32 Å². The van der Waals surface area contributed by atoms with Gasteiger partial charge in [-0.3, -0.25) is 9.79 Å². The number of hydrogen-bond donors (Lipinski definition) is 1. The van der Waals surface area contributed by atoms with E-state index >= 15 is 0 Å². The average Bonchev–Trinajstić information content (AvgIpc) is 3.07. The molecule has 0 radical (unpaired) electrons. The molecule has 0 saturated heterocycles. The minimum atomic E-state index is -0.839. The summed E-state index contributed by atoms with van der Waals surface area (Å²) < 4.78 is 6.89. The molecule has 1 atom stereocenters. The van der Waals surface area contributed by atoms with Gasteiger partial charge < -0.3 is 14.6 Å². The zero-order chi connectivity index (χ0) is 17.6. The number of aryl methyl sites for hydroxylation is 1. The number of nitrogens with one attached hydrogen (secondary N) is 1. The smallest absolute Gasteiger partial charge is 0.339 e. The summed E-state index contributed by atoms with van der Waals surface area (Å²) in [6, 6.07) is 5.58. The van der Waals surface area contributed by atoms with Crippen LogP contribution in [-0.2, 0) is 16.6 Å². The second kappa shape index (κ2) is 5.47. The Morgan fingerprint density at radius 1 is 1.33 bits per heavy atom. The molecule has 2 heterocycles. The number of amides is 1. The number of rotatable bonds is 3. The predicted molar refractivity (Wildman–Crippen MR) is 92.2 cm³/mol. The third kappa shape index (κ3) is 2.21. The molecular weight excluding hydrogens is 306 g/mol. The van der Waals surface area contributed by atoms with Gasteiger partial charge in [0, 0.05) is 29.7 Å². The monoisotopic (exact) mass is 327 g/mol. The van der Waals surface area contributed by atoms with Gasteiger partial charge in [-0.05, 0) is 31.0 Å². The Labute approximate surface area is 140 Å². The molecular formula is C18H21N3O3. The molecule has 1 unspecified atom stereocenters. The summed E-state index contributed by atoms with van der Waals surface area (Å²) in [5.74, 6) is -0.146. The second-order valence-electron chi connectivity index (χ2n) is 6.56. The molecule has 0 spiro atoms. The Morgan fingerprint density at radius 2 is 2.04 bits per heavy atom. The van der Waals surface area contributed by atoms with Crippen LogP contribution in [0.3, 0.4) is 0 Å². The molecule has 126 valence electrons. The summed E-state index contributed by atoms with van der Waals surface area (Å²) in [4.78, 5) is 29.4. The van der Waals surface area contributed by atoms with E-state index < -0.39 is 11.5 Å². The number of methoxy groups -OCH3 is 1. The molecule has 1 aliphatic rings. The number of nitrogens with zero attached hydrogens (tertiary/aromatic N) is 2. The van der Waals surface area contributed by atoms with Crippen LogP contribution in [-0.4, -0.2) is 34.9 Å². The minimum absolute atomic E-state index is 0.0389. The van der Waals surface area contributed by atoms with Crippen molar-refractivity contribution in [1.82, 2.24) is 9.88 Å². The Kier molecular flexibility index (Phi) is 3.70. The normalized spacial score (nSPS) is 20.4. The van der Waals surface area contributed by atoms with Gasteiger partial charge >= 0.3 is 5.97 Å². The van der Waals surface area contributed by atoms with Crippen LogP contribution in [0.15, 0.2) is 29.4 Å². The highest BCUT2D eigenvalue weighted by Crippen LogP contribution is 2.30. The molecule has 0 fully saturated rings. The highest BCUT2D eigenvalue weighted by Gasteiger charge is 2.42. The van der Waals surface area contributed by atoms with Gasteiger partial charge in [-0.1, -0.05) is 13.8 Å². The average molecular weight is 327 g/mol. The van der Waals surface area contributed by atoms with Gasteiger partial charge in [0.25, 0.3) is 5.91 Å². The van der Waals surface area contributed by atoms with Crippen molar-refractivity contribution in [3.8, 4) is 0 Å². The Hall–Kier alpha value is -2.63. The van der Waals surface area contributed by atoms with Gasteiger partial charge in [0.1, 0.15) is 11.4 Å². The number of aromatic nitrogens is 1. The molecule has 1 N–H and O–H groups in total. The SMILES string of the molecule is COC(=O)c1c(C2=NC(C)(C(C)C)C(=O)N2)ccc2c1ccn2C. The highest BCUT2D eigenvalue weighted by molar-refractivity contribution is 6.21. The summed E-state index contributed by atoms with van der Waals surface area (Å²) in [5.41, 5.74) is 1.07. The van der Waals surface area contributed by atoms with Crippen molar-refractivity contribution in [3.63, 3.8) is 0 Å². The summed E-state index contributed by atoms with van der Waals surface area (Å²) in [6.45, 7) is 5.71. The number of carbonyl (C=O) groups is 2. The Balaban J connectivity index is 2.24. The van der Waals surface area contributed by atoms with Gasteiger partial charge in [-0.15, -0.1) is 0 Å². The van der Waals surface area contributed by atoms with Crippen LogP contribution in [0.4, 0.5) is 0 Å². The van der Waals surface area contributed by atoms with Gasteiger partial charge in [-0.25, -0.2) is 4.79 Å². The van der Waals surface area contributed by atoms with E-state index in [1.807, 2.05) is 43.8 Å². The third-order valence-corrected chi connectivity index (χ3v) is 4.87. The van der Waals surface area contributed by atoms with Crippen molar-refractivity contribution >= 4 is 28.6 Å². The molecule has 6 heteroatoms. The van der Waals surface area contributed by atoms with Crippen molar-refractivity contribution in [3.05, 3.63) is 35.5 Å². The molecule has 24 heavy (non-hydrogen) atoms. The molecule has 3 rings (SSSR count). The van der Waals surface area contributed by atoms with Crippen LogP contribution in [0, 0.1) is 5.92 Å². The molecule has 1 aliphatic heterocycles. The molecule has 2 aromatic rings. The van der Waals surface area contributed by atoms with Crippen LogP contribution in [0.1, 0.15) is 36.7 Å². The molecule has 0 aliphatic carbocycles. The largest absolute Gasteiger partial charge is 0.465 e. The third-order valence-electron chi connectivity index (χ3n) is 4.87. The lowest BCUT2D eigenvalue weighted by Gasteiger charge is -2.21. The summed E-state index contributed by atoms with van der Waals surface area (Å²) in [6.07, 6.45) is 1.88. The second-order valence-corrected chi connectivity index (χ2v) is 6.56. The molecule has 6 nitrogen and oxygen atoms in total. The number of hydrogen-bond acceptors (Lipinski definition) is 4. The van der Waals surface area contributed by atoms with Gasteiger partial charge in [-0.2, -0.15) is 0 Å². The van der Waals surface area contributed by atoms with E-state index in [4.69, 9.17) is 4.74 Å². The summed E-state index contributed by atoms with van der Waals surface area (Å²) in [7, 11) is 3.26. The number of benzene rings is 1. The number of fused-ring (bicyclic) bond motifs is 1. The lowest BCUT2D eigenvalue weighted by molar-refractivity contribution is -0.124. The molecule has 1 aromatic carbocycles. The van der Waals surface area contributed by atoms with Crippen LogP contribution in [0.2, 0.25) is 0 Å². The standard InChI is InChI=1S/C18H21N3O3/c1-10(2)18(3)17(23)19-15(20-18)12-6-7-13-11(8-9-21(13)4)14(12)16(22)24-5/h6-10H,1-5H3,(H,19,20,23). The molecule has 1 aromatic heterocycles. The van der Waals surface area contributed by atoms with Crippen molar-refractivity contribution in [1.29, 1.82) is 0 Å². The van der Waals surface area contributed by atoms with Crippen molar-refractivity contribution in [2.75, 3.05) is 7.11 Å². The van der Waals surface area contributed by atoms with Crippen LogP contribution in [0.25, 0.3) is 10.9 Å². The number of amidine groups is 1. The van der Waals surface area contributed by atoms with Crippen molar-refractivity contribution < 1.29 is 14.3 Å². The van der Waals surface area contributed by atoms with E-state index in [2.05, 4.69) is 10.3 Å². The Bertz CT molecular complexity index is 879. The number of ether oxygens (including phenoxy) is 1. The number of esters is 1. The maximum atomic E-state index is 12.4. The first-order valence-electron chi connectivity index (χ1n) is 7.87. The predicted octanol–water partition coefficient (Wildman–Crippen LogP) is 2.26. The highest BCUT2D eigenvalue weighted by atomic mass is 16.5. The first-order valence-corrected chi connectivity index (χ1v) is 7.87. The zero-order valence-electron chi connectivity index (χ0n) is 14.5. The van der Waals surface area contributed by atoms with E-state index in [9.17, 15) is 9.59 Å². The van der Waals surface area contributed by atoms with E-state index in [1.165, 1.54) is 7.11 Å². The van der Waals surface area contributed by atoms with E-state index in [0.29, 0.717) is 17.0 Å². The van der Waals surface area contributed by atoms with Crippen LogP contribution in [0.5, 0.6) is 0 Å². The number of aliphatic imine (C=N–C) groups is 1. The Morgan fingerprint density at radius 3 is 2.62 bits per heavy atom. The molecule has 1 amide bonds. The minimum Gasteiger partial charge on any atom is -0.465 e. The van der Waals surface area contributed by atoms with Gasteiger partial charge in [0.15, 0.2) is 0 Å². The zero-order valence-corrected chi connectivity index (χ0v) is 14.5. The van der Waals surface area contributed by atoms with Crippen molar-refractivity contribution in [2.24, 2.45) is 18.0 Å². The van der Waals surface area contributed by atoms with Crippen LogP contribution >= 0.6 is 0 Å². The quantitative estimate of drug-likeness (QED) is 0.879. The fourth-order valence-electron chi connectivity index (χ4n) is 2.93.